The number of aryl methyl sites for hydroxylation is 1. The predicted molar refractivity (Wildman–Crippen MR) is 103 cm³/mol. The first-order valence-electron chi connectivity index (χ1n) is 8.28. The maximum absolute atomic E-state index is 12.3. The molecule has 3 nitrogen and oxygen atoms in total. The Morgan fingerprint density at radius 3 is 2.48 bits per heavy atom. The largest absolute Gasteiger partial charge is 0.497 e. The van der Waals surface area contributed by atoms with Crippen molar-refractivity contribution in [2.24, 2.45) is 0 Å². The van der Waals surface area contributed by atoms with Gasteiger partial charge in [-0.3, -0.25) is 4.79 Å². The smallest absolute Gasteiger partial charge is 0.225 e. The van der Waals surface area contributed by atoms with Crippen molar-refractivity contribution >= 4 is 22.9 Å². The van der Waals surface area contributed by atoms with Crippen LogP contribution in [0.3, 0.4) is 0 Å². The Hall–Kier alpha value is -2.59. The van der Waals surface area contributed by atoms with Gasteiger partial charge in [0, 0.05) is 28.2 Å². The van der Waals surface area contributed by atoms with E-state index in [0.717, 1.165) is 22.6 Å². The number of amides is 1. The van der Waals surface area contributed by atoms with E-state index in [0.29, 0.717) is 6.42 Å². The summed E-state index contributed by atoms with van der Waals surface area (Å²) in [5, 5.41) is 5.23. The van der Waals surface area contributed by atoms with Gasteiger partial charge in [0.2, 0.25) is 5.91 Å². The average Bonchev–Trinajstić information content (AvgIpc) is 3.05. The number of thiophene rings is 1. The van der Waals surface area contributed by atoms with Crippen LogP contribution in [0.2, 0.25) is 0 Å². The van der Waals surface area contributed by atoms with E-state index in [9.17, 15) is 4.79 Å². The fourth-order valence-corrected chi connectivity index (χ4v) is 4.44. The van der Waals surface area contributed by atoms with Gasteiger partial charge in [0.25, 0.3) is 0 Å². The Labute approximate surface area is 151 Å². The summed E-state index contributed by atoms with van der Waals surface area (Å²) >= 11 is 1.72. The third kappa shape index (κ3) is 2.94. The minimum Gasteiger partial charge on any atom is -0.497 e. The molecule has 1 N–H and O–H groups in total. The summed E-state index contributed by atoms with van der Waals surface area (Å²) in [5.41, 5.74) is 5.55. The van der Waals surface area contributed by atoms with Gasteiger partial charge < -0.3 is 10.1 Å². The fourth-order valence-electron chi connectivity index (χ4n) is 3.28. The molecule has 0 spiro atoms. The Morgan fingerprint density at radius 1 is 1.08 bits per heavy atom. The second-order valence-corrected chi connectivity index (χ2v) is 7.24. The lowest BCUT2D eigenvalue weighted by atomic mass is 9.89. The molecule has 0 radical (unpaired) electrons. The molecule has 2 aromatic carbocycles. The molecule has 126 valence electrons. The van der Waals surface area contributed by atoms with Gasteiger partial charge in [0.15, 0.2) is 0 Å². The van der Waals surface area contributed by atoms with Crippen molar-refractivity contribution in [3.8, 4) is 16.9 Å². The van der Waals surface area contributed by atoms with Crippen molar-refractivity contribution in [1.29, 1.82) is 0 Å². The molecule has 2 heterocycles. The van der Waals surface area contributed by atoms with Crippen LogP contribution in [0.4, 0.5) is 5.69 Å². The van der Waals surface area contributed by atoms with E-state index < -0.39 is 0 Å². The summed E-state index contributed by atoms with van der Waals surface area (Å²) in [5.74, 6) is 1.03. The van der Waals surface area contributed by atoms with Crippen LogP contribution in [-0.2, 0) is 4.79 Å². The number of benzene rings is 2. The Morgan fingerprint density at radius 2 is 1.80 bits per heavy atom. The van der Waals surface area contributed by atoms with Crippen molar-refractivity contribution in [2.75, 3.05) is 12.4 Å². The van der Waals surface area contributed by atoms with Crippen LogP contribution in [0.15, 0.2) is 53.9 Å². The quantitative estimate of drug-likeness (QED) is 0.705. The van der Waals surface area contributed by atoms with Crippen molar-refractivity contribution in [2.45, 2.75) is 19.3 Å². The van der Waals surface area contributed by atoms with Gasteiger partial charge in [-0.25, -0.2) is 0 Å². The highest BCUT2D eigenvalue weighted by molar-refractivity contribution is 7.11. The van der Waals surface area contributed by atoms with Gasteiger partial charge in [0.1, 0.15) is 5.75 Å². The third-order valence-corrected chi connectivity index (χ3v) is 5.77. The topological polar surface area (TPSA) is 38.3 Å². The van der Waals surface area contributed by atoms with Crippen molar-refractivity contribution < 1.29 is 9.53 Å². The summed E-state index contributed by atoms with van der Waals surface area (Å²) in [6.07, 6.45) is 0.499. The molecule has 3 aromatic rings. The molecular weight excluding hydrogens is 330 g/mol. The van der Waals surface area contributed by atoms with E-state index >= 15 is 0 Å². The summed E-state index contributed by atoms with van der Waals surface area (Å²) in [7, 11) is 1.66. The molecule has 0 bridgehead atoms. The van der Waals surface area contributed by atoms with E-state index in [1.54, 1.807) is 18.4 Å². The minimum atomic E-state index is 0.0752. The van der Waals surface area contributed by atoms with E-state index in [1.165, 1.54) is 16.0 Å². The fraction of sp³-hybridized carbons (Fsp3) is 0.190. The van der Waals surface area contributed by atoms with Gasteiger partial charge in [-0.1, -0.05) is 42.0 Å². The summed E-state index contributed by atoms with van der Waals surface area (Å²) in [6.45, 7) is 2.08. The van der Waals surface area contributed by atoms with Gasteiger partial charge in [0.05, 0.1) is 12.8 Å². The second-order valence-electron chi connectivity index (χ2n) is 6.33. The van der Waals surface area contributed by atoms with E-state index in [1.807, 2.05) is 24.3 Å². The number of fused-ring (bicyclic) bond motifs is 1. The number of hydrogen-bond donors (Lipinski definition) is 1. The molecule has 0 aliphatic carbocycles. The van der Waals surface area contributed by atoms with Gasteiger partial charge in [-0.2, -0.15) is 0 Å². The molecule has 1 aliphatic heterocycles. The Kier molecular flexibility index (Phi) is 4.06. The van der Waals surface area contributed by atoms with Crippen LogP contribution in [0.5, 0.6) is 5.75 Å². The number of ether oxygens (including phenoxy) is 1. The molecular formula is C21H19NO2S. The minimum absolute atomic E-state index is 0.0752. The molecule has 0 fully saturated rings. The van der Waals surface area contributed by atoms with Gasteiger partial charge in [-0.05, 0) is 30.2 Å². The molecule has 1 aromatic heterocycles. The molecule has 4 heteroatoms. The van der Waals surface area contributed by atoms with Crippen LogP contribution in [-0.4, -0.2) is 13.0 Å². The lowest BCUT2D eigenvalue weighted by Gasteiger charge is -2.24. The SMILES string of the molecule is COc1ccc(-c2csc3c2NC(=O)C[C@H]3c2ccc(C)cc2)cc1. The van der Waals surface area contributed by atoms with Crippen molar-refractivity contribution in [3.63, 3.8) is 0 Å². The molecule has 0 unspecified atom stereocenters. The molecule has 1 aliphatic rings. The summed E-state index contributed by atoms with van der Waals surface area (Å²) < 4.78 is 5.23. The van der Waals surface area contributed by atoms with Crippen molar-refractivity contribution in [1.82, 2.24) is 0 Å². The average molecular weight is 349 g/mol. The first kappa shape index (κ1) is 15.9. The lowest BCUT2D eigenvalue weighted by Crippen LogP contribution is -2.22. The number of methoxy groups -OCH3 is 1. The highest BCUT2D eigenvalue weighted by Gasteiger charge is 2.30. The standard InChI is InChI=1S/C21H19NO2S/c1-13-3-5-14(6-4-13)17-11-19(23)22-20-18(12-25-21(17)20)15-7-9-16(24-2)10-8-15/h3-10,12,17H,11H2,1-2H3,(H,22,23)/t17-/m0/s1. The summed E-state index contributed by atoms with van der Waals surface area (Å²) in [6, 6.07) is 16.4. The highest BCUT2D eigenvalue weighted by atomic mass is 32.1. The van der Waals surface area contributed by atoms with Crippen LogP contribution in [0.1, 0.15) is 28.3 Å². The number of carbonyl (C=O) groups excluding carboxylic acids is 1. The number of rotatable bonds is 3. The predicted octanol–water partition coefficient (Wildman–Crippen LogP) is 5.21. The molecule has 4 rings (SSSR count). The van der Waals surface area contributed by atoms with Crippen LogP contribution in [0, 0.1) is 6.92 Å². The molecule has 0 saturated carbocycles. The molecule has 1 atom stereocenters. The monoisotopic (exact) mass is 349 g/mol. The molecule has 0 saturated heterocycles. The number of anilines is 1. The Bertz CT molecular complexity index is 910. The first-order valence-corrected chi connectivity index (χ1v) is 9.16. The molecule has 25 heavy (non-hydrogen) atoms. The zero-order valence-corrected chi connectivity index (χ0v) is 15.0. The van der Waals surface area contributed by atoms with Crippen LogP contribution >= 0.6 is 11.3 Å². The maximum atomic E-state index is 12.3. The van der Waals surface area contributed by atoms with Crippen LogP contribution < -0.4 is 10.1 Å². The van der Waals surface area contributed by atoms with Gasteiger partial charge in [-0.15, -0.1) is 11.3 Å². The first-order chi connectivity index (χ1) is 12.2. The third-order valence-electron chi connectivity index (χ3n) is 4.67. The normalized spacial score (nSPS) is 16.2. The number of nitrogens with one attached hydrogen (secondary N) is 1. The molecule has 1 amide bonds. The second kappa shape index (κ2) is 6.37. The highest BCUT2D eigenvalue weighted by Crippen LogP contribution is 2.46. The van der Waals surface area contributed by atoms with E-state index in [-0.39, 0.29) is 11.8 Å². The van der Waals surface area contributed by atoms with E-state index in [2.05, 4.69) is 41.9 Å². The zero-order valence-electron chi connectivity index (χ0n) is 14.2. The summed E-state index contributed by atoms with van der Waals surface area (Å²) in [4.78, 5) is 13.6. The van der Waals surface area contributed by atoms with Crippen LogP contribution in [0.25, 0.3) is 11.1 Å². The number of carbonyl (C=O) groups is 1. The number of hydrogen-bond acceptors (Lipinski definition) is 3. The maximum Gasteiger partial charge on any atom is 0.225 e. The zero-order chi connectivity index (χ0) is 17.4. The van der Waals surface area contributed by atoms with E-state index in [4.69, 9.17) is 4.74 Å². The van der Waals surface area contributed by atoms with Crippen molar-refractivity contribution in [3.05, 3.63) is 69.9 Å². The van der Waals surface area contributed by atoms with Gasteiger partial charge >= 0.3 is 0 Å². The Balaban J connectivity index is 1.76. The lowest BCUT2D eigenvalue weighted by molar-refractivity contribution is -0.116.